The Hall–Kier alpha value is -4.04. The lowest BCUT2D eigenvalue weighted by Crippen LogP contribution is -2.33. The molecular weight excluding hydrogens is 573 g/mol. The number of phosphoric ester groups is 1. The van der Waals surface area contributed by atoms with Gasteiger partial charge in [0.2, 0.25) is 5.95 Å². The lowest BCUT2D eigenvalue weighted by molar-refractivity contribution is -0.0514. The fraction of sp³-hybridized carbons (Fsp3) is 0.450. The van der Waals surface area contributed by atoms with Gasteiger partial charge in [-0.1, -0.05) is 0 Å². The standard InChI is InChI=1S/C20H24N9O11P/c21-19-26-16-12(17(32)27-19)24-8-29(16)18-14(31)13(30)10(40-18)5-39-41(35,36)38-3-1-2-28-11(6-37-20(33)34)25-9-4-22-7-23-15(9)28/h4,7-8,10,13-14,18,30-31H,1-3,5-6H2,(H,33,34)(H,35,36)(H3,21,26,27,32)/t10-,13-,14-,18-/m1/s1. The van der Waals surface area contributed by atoms with Crippen molar-refractivity contribution in [2.24, 2.45) is 0 Å². The summed E-state index contributed by atoms with van der Waals surface area (Å²) in [7, 11) is -4.63. The lowest BCUT2D eigenvalue weighted by atomic mass is 10.1. The van der Waals surface area contributed by atoms with Gasteiger partial charge >= 0.3 is 14.0 Å². The molecule has 5 heterocycles. The number of nitrogens with two attached hydrogens (primary N) is 1. The van der Waals surface area contributed by atoms with Crippen LogP contribution in [0.3, 0.4) is 0 Å². The predicted octanol–water partition coefficient (Wildman–Crippen LogP) is -1.12. The molecule has 0 bridgehead atoms. The van der Waals surface area contributed by atoms with Crippen molar-refractivity contribution in [3.63, 3.8) is 0 Å². The number of carbonyl (C=O) groups is 1. The first-order chi connectivity index (χ1) is 19.5. The molecule has 41 heavy (non-hydrogen) atoms. The number of nitrogens with zero attached hydrogens (tertiary/aromatic N) is 7. The van der Waals surface area contributed by atoms with Crippen molar-refractivity contribution in [1.29, 1.82) is 0 Å². The molecule has 0 saturated carbocycles. The minimum absolute atomic E-state index is 0.00459. The van der Waals surface area contributed by atoms with Gasteiger partial charge in [-0.2, -0.15) is 4.98 Å². The molecule has 1 unspecified atom stereocenters. The second-order valence-corrected chi connectivity index (χ2v) is 10.2. The van der Waals surface area contributed by atoms with E-state index in [2.05, 4.69) is 34.6 Å². The Morgan fingerprint density at radius 2 is 2.00 bits per heavy atom. The number of imidazole rings is 2. The van der Waals surface area contributed by atoms with Crippen LogP contribution in [0.5, 0.6) is 0 Å². The van der Waals surface area contributed by atoms with Crippen LogP contribution in [-0.2, 0) is 36.2 Å². The maximum absolute atomic E-state index is 12.4. The number of aliphatic hydroxyl groups excluding tert-OH is 2. The highest BCUT2D eigenvalue weighted by atomic mass is 31.2. The molecule has 1 fully saturated rings. The summed E-state index contributed by atoms with van der Waals surface area (Å²) in [5.74, 6) is 0.0508. The highest BCUT2D eigenvalue weighted by molar-refractivity contribution is 7.47. The second-order valence-electron chi connectivity index (χ2n) is 8.74. The van der Waals surface area contributed by atoms with Crippen molar-refractivity contribution in [3.05, 3.63) is 35.0 Å². The molecule has 1 aliphatic heterocycles. The Kier molecular flexibility index (Phi) is 7.95. The predicted molar refractivity (Wildman–Crippen MR) is 133 cm³/mol. The zero-order valence-electron chi connectivity index (χ0n) is 20.9. The summed E-state index contributed by atoms with van der Waals surface area (Å²) < 4.78 is 35.4. The fourth-order valence-corrected chi connectivity index (χ4v) is 5.00. The van der Waals surface area contributed by atoms with Crippen molar-refractivity contribution in [1.82, 2.24) is 39.0 Å². The minimum atomic E-state index is -4.63. The largest absolute Gasteiger partial charge is 0.506 e. The first kappa shape index (κ1) is 28.5. The van der Waals surface area contributed by atoms with Crippen LogP contribution in [0, 0.1) is 0 Å². The number of hydrogen-bond donors (Lipinski definition) is 6. The molecule has 4 aromatic heterocycles. The van der Waals surface area contributed by atoms with Crippen LogP contribution in [0.15, 0.2) is 23.6 Å². The lowest BCUT2D eigenvalue weighted by Gasteiger charge is -2.18. The maximum atomic E-state index is 12.4. The SMILES string of the molecule is Nc1nc2c(ncn2[C@@H]2O[C@H](COP(=O)(O)OCCCn3c(COC(=O)O)nc4cncnc43)[C@@H](O)[C@H]2O)c(=O)[nH]1. The number of aromatic nitrogens is 8. The molecule has 5 rings (SSSR count). The van der Waals surface area contributed by atoms with Crippen molar-refractivity contribution in [2.45, 2.75) is 44.1 Å². The van der Waals surface area contributed by atoms with Crippen LogP contribution in [0.2, 0.25) is 0 Å². The Bertz CT molecular complexity index is 1670. The number of aromatic amines is 1. The van der Waals surface area contributed by atoms with Crippen molar-refractivity contribution < 1.29 is 48.1 Å². The number of ether oxygens (including phenoxy) is 2. The number of fused-ring (bicyclic) bond motifs is 2. The third kappa shape index (κ3) is 6.03. The summed E-state index contributed by atoms with van der Waals surface area (Å²) in [5.41, 5.74) is 5.69. The quantitative estimate of drug-likeness (QED) is 0.0678. The van der Waals surface area contributed by atoms with E-state index in [1.807, 2.05) is 0 Å². The van der Waals surface area contributed by atoms with Gasteiger partial charge < -0.3 is 40.0 Å². The summed E-state index contributed by atoms with van der Waals surface area (Å²) in [5, 5.41) is 29.7. The molecule has 5 atom stereocenters. The third-order valence-corrected chi connectivity index (χ3v) is 7.04. The first-order valence-electron chi connectivity index (χ1n) is 11.9. The molecule has 1 saturated heterocycles. The average molecular weight is 597 g/mol. The summed E-state index contributed by atoms with van der Waals surface area (Å²) in [6.45, 7) is -1.07. The Morgan fingerprint density at radius 3 is 2.78 bits per heavy atom. The topological polar surface area (TPSA) is 285 Å². The van der Waals surface area contributed by atoms with Crippen LogP contribution < -0.4 is 11.3 Å². The number of nitrogens with one attached hydrogen (secondary N) is 1. The number of phosphoric acid groups is 1. The average Bonchev–Trinajstić information content (AvgIpc) is 3.58. The Balaban J connectivity index is 1.16. The summed E-state index contributed by atoms with van der Waals surface area (Å²) in [4.78, 5) is 55.3. The summed E-state index contributed by atoms with van der Waals surface area (Å²) in [6.07, 6.45) is -3.01. The molecular formula is C20H24N9O11P. The zero-order chi connectivity index (χ0) is 29.3. The van der Waals surface area contributed by atoms with E-state index in [1.54, 1.807) is 4.57 Å². The van der Waals surface area contributed by atoms with Crippen LogP contribution in [0.4, 0.5) is 10.7 Å². The number of hydrogen-bond acceptors (Lipinski definition) is 15. The van der Waals surface area contributed by atoms with Gasteiger partial charge in [-0.3, -0.25) is 23.4 Å². The first-order valence-corrected chi connectivity index (χ1v) is 13.4. The van der Waals surface area contributed by atoms with Crippen molar-refractivity contribution in [3.8, 4) is 0 Å². The molecule has 0 aromatic carbocycles. The minimum Gasteiger partial charge on any atom is -0.450 e. The molecule has 220 valence electrons. The number of aliphatic hydroxyl groups is 2. The Morgan fingerprint density at radius 1 is 1.20 bits per heavy atom. The van der Waals surface area contributed by atoms with E-state index < -0.39 is 50.7 Å². The monoisotopic (exact) mass is 597 g/mol. The van der Waals surface area contributed by atoms with E-state index in [1.165, 1.54) is 23.4 Å². The van der Waals surface area contributed by atoms with Gasteiger partial charge in [0.15, 0.2) is 29.6 Å². The van der Waals surface area contributed by atoms with Gasteiger partial charge in [-0.05, 0) is 6.42 Å². The van der Waals surface area contributed by atoms with Gasteiger partial charge in [-0.25, -0.2) is 29.3 Å². The van der Waals surface area contributed by atoms with Crippen molar-refractivity contribution in [2.75, 3.05) is 18.9 Å². The number of rotatable bonds is 11. The Labute approximate surface area is 227 Å². The highest BCUT2D eigenvalue weighted by Gasteiger charge is 2.45. The molecule has 0 amide bonds. The van der Waals surface area contributed by atoms with Gasteiger partial charge in [0.1, 0.15) is 36.0 Å². The van der Waals surface area contributed by atoms with Crippen LogP contribution >= 0.6 is 7.82 Å². The van der Waals surface area contributed by atoms with E-state index in [4.69, 9.17) is 24.6 Å². The fourth-order valence-electron chi connectivity index (χ4n) is 4.23. The van der Waals surface area contributed by atoms with E-state index in [9.17, 15) is 29.3 Å². The molecule has 4 aromatic rings. The van der Waals surface area contributed by atoms with E-state index in [0.717, 1.165) is 0 Å². The molecule has 0 spiro atoms. The van der Waals surface area contributed by atoms with Gasteiger partial charge in [0.25, 0.3) is 5.56 Å². The number of aryl methyl sites for hydroxylation is 1. The van der Waals surface area contributed by atoms with Crippen LogP contribution in [0.1, 0.15) is 18.5 Å². The zero-order valence-corrected chi connectivity index (χ0v) is 21.8. The van der Waals surface area contributed by atoms with Gasteiger partial charge in [-0.15, -0.1) is 0 Å². The van der Waals surface area contributed by atoms with E-state index >= 15 is 0 Å². The molecule has 21 heteroatoms. The normalized spacial score (nSPS) is 22.3. The smallest absolute Gasteiger partial charge is 0.450 e. The highest BCUT2D eigenvalue weighted by Crippen LogP contribution is 2.44. The number of H-pyrrole nitrogens is 1. The van der Waals surface area contributed by atoms with E-state index in [0.29, 0.717) is 11.2 Å². The van der Waals surface area contributed by atoms with Crippen LogP contribution in [-0.4, -0.2) is 96.9 Å². The second kappa shape index (κ2) is 11.4. The molecule has 7 N–H and O–H groups in total. The summed E-state index contributed by atoms with van der Waals surface area (Å²) >= 11 is 0. The van der Waals surface area contributed by atoms with Crippen LogP contribution in [0.25, 0.3) is 22.3 Å². The number of nitrogen functional groups attached to an aromatic ring is 1. The van der Waals surface area contributed by atoms with E-state index in [-0.39, 0.29) is 49.1 Å². The van der Waals surface area contributed by atoms with Gasteiger partial charge in [0, 0.05) is 6.54 Å². The molecule has 0 radical (unpaired) electrons. The molecule has 20 nitrogen and oxygen atoms in total. The van der Waals surface area contributed by atoms with Gasteiger partial charge in [0.05, 0.1) is 25.7 Å². The summed E-state index contributed by atoms with van der Waals surface area (Å²) in [6, 6.07) is 0. The number of carboxylic acid groups (broad SMARTS) is 1. The maximum Gasteiger partial charge on any atom is 0.506 e. The third-order valence-electron chi connectivity index (χ3n) is 6.06. The number of anilines is 1. The molecule has 1 aliphatic rings. The molecule has 0 aliphatic carbocycles. The van der Waals surface area contributed by atoms with Crippen molar-refractivity contribution >= 4 is 42.3 Å².